The number of carbonyl (C=O) groups is 1. The summed E-state index contributed by atoms with van der Waals surface area (Å²) in [4.78, 5) is 20.7. The molecule has 0 aliphatic carbocycles. The summed E-state index contributed by atoms with van der Waals surface area (Å²) < 4.78 is 1.82. The van der Waals surface area contributed by atoms with Crippen LogP contribution in [0.4, 0.5) is 11.9 Å². The molecule has 10 heteroatoms. The number of aromatic nitrogens is 5. The van der Waals surface area contributed by atoms with Crippen LogP contribution in [0, 0.1) is 6.92 Å². The number of aromatic amines is 1. The molecule has 0 radical (unpaired) electrons. The van der Waals surface area contributed by atoms with E-state index in [9.17, 15) is 4.79 Å². The molecular weight excluding hydrogens is 410 g/mol. The summed E-state index contributed by atoms with van der Waals surface area (Å²) in [6.07, 6.45) is 2.28. The lowest BCUT2D eigenvalue weighted by Crippen LogP contribution is -2.19. The molecule has 2 N–H and O–H groups in total. The standard InChI is InChI=1S/C19H18ClN7OS/c1-11-14-10-15(29-17(14)27(25-11)13-6-4-5-12(20)9-13)16(28)21-18-22-19(24-23-18)26-7-2-3-8-26/h4-6,9-10H,2-3,7-8H2,1H3,(H2,21,22,23,24,28). The fourth-order valence-corrected chi connectivity index (χ4v) is 4.74. The number of nitrogens with one attached hydrogen (secondary N) is 2. The number of rotatable bonds is 4. The molecule has 3 aromatic heterocycles. The monoisotopic (exact) mass is 427 g/mol. The molecule has 8 nitrogen and oxygen atoms in total. The number of halogens is 1. The van der Waals surface area contributed by atoms with Crippen molar-refractivity contribution in [3.8, 4) is 5.69 Å². The van der Waals surface area contributed by atoms with Crippen molar-refractivity contribution in [2.24, 2.45) is 0 Å². The van der Waals surface area contributed by atoms with Crippen LogP contribution in [0.3, 0.4) is 0 Å². The molecule has 29 heavy (non-hydrogen) atoms. The molecule has 1 fully saturated rings. The second-order valence-corrected chi connectivity index (χ2v) is 8.41. The predicted octanol–water partition coefficient (Wildman–Crippen LogP) is 4.02. The molecule has 1 aromatic carbocycles. The molecule has 0 unspecified atom stereocenters. The molecule has 5 rings (SSSR count). The third kappa shape index (κ3) is 3.36. The van der Waals surface area contributed by atoms with E-state index < -0.39 is 0 Å². The van der Waals surface area contributed by atoms with Gasteiger partial charge in [-0.3, -0.25) is 10.1 Å². The smallest absolute Gasteiger partial charge is 0.268 e. The summed E-state index contributed by atoms with van der Waals surface area (Å²) in [5.74, 6) is 0.747. The Morgan fingerprint density at radius 1 is 1.28 bits per heavy atom. The van der Waals surface area contributed by atoms with Gasteiger partial charge in [0.05, 0.1) is 16.3 Å². The number of carbonyl (C=O) groups excluding carboxylic acids is 1. The zero-order valence-corrected chi connectivity index (χ0v) is 17.2. The van der Waals surface area contributed by atoms with Crippen molar-refractivity contribution in [3.63, 3.8) is 0 Å². The maximum Gasteiger partial charge on any atom is 0.268 e. The second kappa shape index (κ2) is 7.16. The van der Waals surface area contributed by atoms with Crippen molar-refractivity contribution >= 4 is 51.0 Å². The van der Waals surface area contributed by atoms with Gasteiger partial charge < -0.3 is 4.90 Å². The first-order valence-corrected chi connectivity index (χ1v) is 10.5. The van der Waals surface area contributed by atoms with Crippen LogP contribution in [0.25, 0.3) is 15.9 Å². The van der Waals surface area contributed by atoms with Crippen LogP contribution in [-0.4, -0.2) is 44.0 Å². The van der Waals surface area contributed by atoms with E-state index in [2.05, 4.69) is 30.5 Å². The Labute approximate surface area is 175 Å². The first-order chi connectivity index (χ1) is 14.1. The van der Waals surface area contributed by atoms with Gasteiger partial charge in [0.25, 0.3) is 5.91 Å². The average Bonchev–Trinajstić information content (AvgIpc) is 3.47. The highest BCUT2D eigenvalue weighted by atomic mass is 35.5. The van der Waals surface area contributed by atoms with E-state index in [1.165, 1.54) is 11.3 Å². The van der Waals surface area contributed by atoms with Crippen LogP contribution in [0.2, 0.25) is 5.02 Å². The molecule has 4 aromatic rings. The Morgan fingerprint density at radius 3 is 2.90 bits per heavy atom. The molecular formula is C19H18ClN7OS. The lowest BCUT2D eigenvalue weighted by Gasteiger charge is -2.10. The van der Waals surface area contributed by atoms with Gasteiger partial charge in [-0.1, -0.05) is 17.7 Å². The summed E-state index contributed by atoms with van der Waals surface area (Å²) in [6, 6.07) is 9.34. The fourth-order valence-electron chi connectivity index (χ4n) is 3.48. The van der Waals surface area contributed by atoms with Crippen LogP contribution >= 0.6 is 22.9 Å². The van der Waals surface area contributed by atoms with Crippen LogP contribution in [0.5, 0.6) is 0 Å². The molecule has 0 atom stereocenters. The van der Waals surface area contributed by atoms with Crippen molar-refractivity contribution in [3.05, 3.63) is 45.9 Å². The Morgan fingerprint density at radius 2 is 2.10 bits per heavy atom. The summed E-state index contributed by atoms with van der Waals surface area (Å²) in [7, 11) is 0. The van der Waals surface area contributed by atoms with Gasteiger partial charge in [0.15, 0.2) is 0 Å². The summed E-state index contributed by atoms with van der Waals surface area (Å²) in [5.41, 5.74) is 1.71. The zero-order valence-electron chi connectivity index (χ0n) is 15.6. The highest BCUT2D eigenvalue weighted by molar-refractivity contribution is 7.20. The van der Waals surface area contributed by atoms with Gasteiger partial charge in [-0.25, -0.2) is 9.78 Å². The number of fused-ring (bicyclic) bond motifs is 1. The number of anilines is 2. The number of nitrogens with zero attached hydrogens (tertiary/aromatic N) is 5. The minimum absolute atomic E-state index is 0.229. The van der Waals surface area contributed by atoms with Gasteiger partial charge >= 0.3 is 0 Å². The van der Waals surface area contributed by atoms with Crippen LogP contribution < -0.4 is 10.2 Å². The molecule has 0 spiro atoms. The van der Waals surface area contributed by atoms with Crippen molar-refractivity contribution in [2.45, 2.75) is 19.8 Å². The van der Waals surface area contributed by atoms with E-state index in [0.717, 1.165) is 47.5 Å². The Kier molecular flexibility index (Phi) is 4.48. The van der Waals surface area contributed by atoms with E-state index in [1.54, 1.807) is 0 Å². The highest BCUT2D eigenvalue weighted by Gasteiger charge is 2.20. The maximum atomic E-state index is 12.8. The van der Waals surface area contributed by atoms with E-state index >= 15 is 0 Å². The fraction of sp³-hybridized carbons (Fsp3) is 0.263. The molecule has 1 aliphatic heterocycles. The third-order valence-electron chi connectivity index (χ3n) is 4.92. The lowest BCUT2D eigenvalue weighted by atomic mass is 10.3. The van der Waals surface area contributed by atoms with Gasteiger partial charge in [-0.05, 0) is 44.0 Å². The third-order valence-corrected chi connectivity index (χ3v) is 6.26. The maximum absolute atomic E-state index is 12.8. The lowest BCUT2D eigenvalue weighted by molar-refractivity contribution is 0.103. The number of aryl methyl sites for hydroxylation is 1. The number of benzene rings is 1. The molecule has 0 saturated carbocycles. The van der Waals surface area contributed by atoms with E-state index in [0.29, 0.717) is 21.8 Å². The highest BCUT2D eigenvalue weighted by Crippen LogP contribution is 2.31. The van der Waals surface area contributed by atoms with Crippen LogP contribution in [-0.2, 0) is 0 Å². The van der Waals surface area contributed by atoms with E-state index in [4.69, 9.17) is 11.6 Å². The molecule has 148 valence electrons. The second-order valence-electron chi connectivity index (χ2n) is 6.94. The number of thiophene rings is 1. The van der Waals surface area contributed by atoms with Crippen molar-refractivity contribution in [1.29, 1.82) is 0 Å². The van der Waals surface area contributed by atoms with Crippen LogP contribution in [0.15, 0.2) is 30.3 Å². The summed E-state index contributed by atoms with van der Waals surface area (Å²) in [5, 5.41) is 16.0. The minimum atomic E-state index is -0.229. The normalized spacial score (nSPS) is 14.1. The largest absolute Gasteiger partial charge is 0.339 e. The summed E-state index contributed by atoms with van der Waals surface area (Å²) in [6.45, 7) is 3.82. The summed E-state index contributed by atoms with van der Waals surface area (Å²) >= 11 is 7.50. The number of H-pyrrole nitrogens is 1. The van der Waals surface area contributed by atoms with E-state index in [1.807, 2.05) is 41.9 Å². The molecule has 0 bridgehead atoms. The number of hydrogen-bond donors (Lipinski definition) is 2. The Bertz CT molecular complexity index is 1200. The van der Waals surface area contributed by atoms with E-state index in [-0.39, 0.29) is 5.91 Å². The first-order valence-electron chi connectivity index (χ1n) is 9.32. The van der Waals surface area contributed by atoms with Gasteiger partial charge in [-0.2, -0.15) is 10.1 Å². The van der Waals surface area contributed by atoms with Crippen molar-refractivity contribution < 1.29 is 4.79 Å². The first kappa shape index (κ1) is 18.1. The Balaban J connectivity index is 1.42. The predicted molar refractivity (Wildman–Crippen MR) is 114 cm³/mol. The zero-order chi connectivity index (χ0) is 20.0. The van der Waals surface area contributed by atoms with Crippen molar-refractivity contribution in [1.82, 2.24) is 25.0 Å². The SMILES string of the molecule is Cc1nn(-c2cccc(Cl)c2)c2sc(C(=O)Nc3nc(N4CCCC4)n[nH]3)cc12. The molecule has 4 heterocycles. The van der Waals surface area contributed by atoms with Crippen LogP contribution in [0.1, 0.15) is 28.2 Å². The van der Waals surface area contributed by atoms with Crippen molar-refractivity contribution in [2.75, 3.05) is 23.3 Å². The van der Waals surface area contributed by atoms with Gasteiger partial charge in [0.1, 0.15) is 4.83 Å². The van der Waals surface area contributed by atoms with Gasteiger partial charge in [-0.15, -0.1) is 16.4 Å². The van der Waals surface area contributed by atoms with Gasteiger partial charge in [0.2, 0.25) is 11.9 Å². The average molecular weight is 428 g/mol. The molecule has 1 saturated heterocycles. The Hall–Kier alpha value is -2.91. The molecule has 1 amide bonds. The number of hydrogen-bond acceptors (Lipinski definition) is 6. The van der Waals surface area contributed by atoms with Gasteiger partial charge in [0, 0.05) is 23.5 Å². The topological polar surface area (TPSA) is 91.7 Å². The number of amides is 1. The quantitative estimate of drug-likeness (QED) is 0.513. The minimum Gasteiger partial charge on any atom is -0.339 e. The molecule has 1 aliphatic rings.